The van der Waals surface area contributed by atoms with Crippen LogP contribution in [-0.2, 0) is 0 Å². The lowest BCUT2D eigenvalue weighted by atomic mass is 10.0. The van der Waals surface area contributed by atoms with Crippen LogP contribution in [0, 0.1) is 5.92 Å². The van der Waals surface area contributed by atoms with E-state index in [1.807, 2.05) is 12.1 Å². The molecule has 0 saturated heterocycles. The first-order valence-electron chi connectivity index (χ1n) is 5.79. The van der Waals surface area contributed by atoms with Crippen molar-refractivity contribution in [3.63, 3.8) is 0 Å². The standard InChI is InChI=1S/C15H16O2/c1-10(9-15(17)14-7-8-14)12-3-5-13(6-4-12)11(2)16/h3-6,9,14,17H,1,7-8H2,2H3/b15-9-. The number of aliphatic hydroxyl groups excluding tert-OH is 1. The van der Waals surface area contributed by atoms with Gasteiger partial charge in [-0.3, -0.25) is 4.79 Å². The number of ketones is 1. The van der Waals surface area contributed by atoms with E-state index in [9.17, 15) is 9.90 Å². The summed E-state index contributed by atoms with van der Waals surface area (Å²) in [6.45, 7) is 5.47. The maximum atomic E-state index is 11.1. The van der Waals surface area contributed by atoms with E-state index in [4.69, 9.17) is 0 Å². The second kappa shape index (κ2) is 4.58. The summed E-state index contributed by atoms with van der Waals surface area (Å²) < 4.78 is 0. The molecule has 17 heavy (non-hydrogen) atoms. The summed E-state index contributed by atoms with van der Waals surface area (Å²) in [6.07, 6.45) is 3.86. The first-order valence-corrected chi connectivity index (χ1v) is 5.79. The molecule has 1 aliphatic carbocycles. The summed E-state index contributed by atoms with van der Waals surface area (Å²) in [5, 5.41) is 9.71. The Morgan fingerprint density at radius 1 is 1.29 bits per heavy atom. The smallest absolute Gasteiger partial charge is 0.159 e. The van der Waals surface area contributed by atoms with Crippen LogP contribution in [-0.4, -0.2) is 10.9 Å². The largest absolute Gasteiger partial charge is 0.512 e. The third-order valence-corrected chi connectivity index (χ3v) is 2.98. The Morgan fingerprint density at radius 2 is 1.82 bits per heavy atom. The first kappa shape index (κ1) is 11.6. The molecule has 1 aromatic rings. The van der Waals surface area contributed by atoms with Crippen LogP contribution in [0.25, 0.3) is 5.57 Å². The Morgan fingerprint density at radius 3 is 2.29 bits per heavy atom. The van der Waals surface area contributed by atoms with E-state index in [2.05, 4.69) is 6.58 Å². The van der Waals surface area contributed by atoms with Crippen molar-refractivity contribution in [2.75, 3.05) is 0 Å². The van der Waals surface area contributed by atoms with Crippen molar-refractivity contribution in [3.8, 4) is 0 Å². The Labute approximate surface area is 101 Å². The second-order valence-electron chi connectivity index (χ2n) is 4.50. The number of carbonyl (C=O) groups excluding carboxylic acids is 1. The van der Waals surface area contributed by atoms with Gasteiger partial charge in [-0.1, -0.05) is 30.8 Å². The predicted molar refractivity (Wildman–Crippen MR) is 68.9 cm³/mol. The SMILES string of the molecule is C=C(/C=C(\O)C1CC1)c1ccc(C(C)=O)cc1. The first-order chi connectivity index (χ1) is 8.08. The molecular weight excluding hydrogens is 212 g/mol. The lowest BCUT2D eigenvalue weighted by Gasteiger charge is -2.03. The summed E-state index contributed by atoms with van der Waals surface area (Å²) in [5.74, 6) is 0.812. The molecule has 0 atom stereocenters. The van der Waals surface area contributed by atoms with Crippen LogP contribution in [0.4, 0.5) is 0 Å². The van der Waals surface area contributed by atoms with Gasteiger partial charge in [0, 0.05) is 11.5 Å². The normalized spacial score (nSPS) is 15.7. The van der Waals surface area contributed by atoms with Gasteiger partial charge >= 0.3 is 0 Å². The Bertz CT molecular complexity index is 476. The van der Waals surface area contributed by atoms with Crippen molar-refractivity contribution in [2.24, 2.45) is 5.92 Å². The Balaban J connectivity index is 2.14. The summed E-state index contributed by atoms with van der Waals surface area (Å²) >= 11 is 0. The van der Waals surface area contributed by atoms with Gasteiger partial charge in [0.1, 0.15) is 0 Å². The van der Waals surface area contributed by atoms with E-state index in [-0.39, 0.29) is 5.78 Å². The predicted octanol–water partition coefficient (Wildman–Crippen LogP) is 3.75. The number of rotatable bonds is 4. The molecule has 0 spiro atoms. The van der Waals surface area contributed by atoms with Crippen LogP contribution in [0.5, 0.6) is 0 Å². The molecule has 1 aromatic carbocycles. The van der Waals surface area contributed by atoms with Crippen molar-refractivity contribution in [2.45, 2.75) is 19.8 Å². The van der Waals surface area contributed by atoms with E-state index in [1.165, 1.54) is 0 Å². The highest BCUT2D eigenvalue weighted by Crippen LogP contribution is 2.36. The number of benzene rings is 1. The molecule has 2 rings (SSSR count). The molecule has 0 heterocycles. The highest BCUT2D eigenvalue weighted by Gasteiger charge is 2.25. The maximum Gasteiger partial charge on any atom is 0.159 e. The lowest BCUT2D eigenvalue weighted by molar-refractivity contribution is 0.101. The summed E-state index contributed by atoms with van der Waals surface area (Å²) in [4.78, 5) is 11.1. The molecule has 0 aliphatic heterocycles. The van der Waals surface area contributed by atoms with Gasteiger partial charge in [-0.25, -0.2) is 0 Å². The molecular formula is C15H16O2. The van der Waals surface area contributed by atoms with Gasteiger partial charge in [-0.2, -0.15) is 0 Å². The molecule has 1 fully saturated rings. The van der Waals surface area contributed by atoms with E-state index in [0.29, 0.717) is 17.2 Å². The average molecular weight is 228 g/mol. The van der Waals surface area contributed by atoms with Gasteiger partial charge in [0.05, 0.1) is 5.76 Å². The van der Waals surface area contributed by atoms with E-state index in [0.717, 1.165) is 24.0 Å². The molecule has 0 aromatic heterocycles. The van der Waals surface area contributed by atoms with Gasteiger partial charge < -0.3 is 5.11 Å². The van der Waals surface area contributed by atoms with Gasteiger partial charge in [0.2, 0.25) is 0 Å². The third kappa shape index (κ3) is 2.84. The molecule has 0 bridgehead atoms. The molecule has 2 nitrogen and oxygen atoms in total. The highest BCUT2D eigenvalue weighted by atomic mass is 16.3. The van der Waals surface area contributed by atoms with Crippen molar-refractivity contribution in [1.82, 2.24) is 0 Å². The third-order valence-electron chi connectivity index (χ3n) is 2.98. The van der Waals surface area contributed by atoms with E-state index < -0.39 is 0 Å². The number of carbonyl (C=O) groups is 1. The second-order valence-corrected chi connectivity index (χ2v) is 4.50. The zero-order chi connectivity index (χ0) is 12.4. The van der Waals surface area contributed by atoms with Crippen molar-refractivity contribution in [3.05, 3.63) is 53.8 Å². The zero-order valence-corrected chi connectivity index (χ0v) is 9.94. The fourth-order valence-electron chi connectivity index (χ4n) is 1.68. The van der Waals surface area contributed by atoms with Gasteiger partial charge in [0.15, 0.2) is 5.78 Å². The quantitative estimate of drug-likeness (QED) is 0.484. The van der Waals surface area contributed by atoms with Crippen LogP contribution in [0.15, 0.2) is 42.7 Å². The number of hydrogen-bond acceptors (Lipinski definition) is 2. The van der Waals surface area contributed by atoms with E-state index in [1.54, 1.807) is 25.1 Å². The maximum absolute atomic E-state index is 11.1. The molecule has 1 saturated carbocycles. The summed E-state index contributed by atoms with van der Waals surface area (Å²) in [5.41, 5.74) is 2.41. The van der Waals surface area contributed by atoms with E-state index >= 15 is 0 Å². The van der Waals surface area contributed by atoms with Gasteiger partial charge in [0.25, 0.3) is 0 Å². The molecule has 88 valence electrons. The fraction of sp³-hybridized carbons (Fsp3) is 0.267. The number of aliphatic hydroxyl groups is 1. The van der Waals surface area contributed by atoms with Crippen LogP contribution < -0.4 is 0 Å². The summed E-state index contributed by atoms with van der Waals surface area (Å²) in [7, 11) is 0. The zero-order valence-electron chi connectivity index (χ0n) is 9.94. The minimum atomic E-state index is 0.0542. The molecule has 1 aliphatic rings. The van der Waals surface area contributed by atoms with Gasteiger partial charge in [-0.15, -0.1) is 0 Å². The van der Waals surface area contributed by atoms with Crippen LogP contribution in [0.3, 0.4) is 0 Å². The minimum absolute atomic E-state index is 0.0542. The molecule has 2 heteroatoms. The Hall–Kier alpha value is -1.83. The minimum Gasteiger partial charge on any atom is -0.512 e. The Kier molecular flexibility index (Phi) is 3.14. The summed E-state index contributed by atoms with van der Waals surface area (Å²) in [6, 6.07) is 7.28. The highest BCUT2D eigenvalue weighted by molar-refractivity contribution is 5.94. The number of Topliss-reactive ketones (excluding diaryl/α,β-unsaturated/α-hetero) is 1. The molecule has 0 amide bonds. The van der Waals surface area contributed by atoms with Crippen molar-refractivity contribution in [1.29, 1.82) is 0 Å². The van der Waals surface area contributed by atoms with Crippen molar-refractivity contribution < 1.29 is 9.90 Å². The fourth-order valence-corrected chi connectivity index (χ4v) is 1.68. The molecule has 1 N–H and O–H groups in total. The molecule has 0 unspecified atom stereocenters. The number of hydrogen-bond donors (Lipinski definition) is 1. The van der Waals surface area contributed by atoms with Crippen LogP contribution in [0.1, 0.15) is 35.7 Å². The topological polar surface area (TPSA) is 37.3 Å². The molecule has 0 radical (unpaired) electrons. The van der Waals surface area contributed by atoms with Crippen LogP contribution >= 0.6 is 0 Å². The average Bonchev–Trinajstić information content (AvgIpc) is 3.12. The van der Waals surface area contributed by atoms with Crippen LogP contribution in [0.2, 0.25) is 0 Å². The van der Waals surface area contributed by atoms with Crippen molar-refractivity contribution >= 4 is 11.4 Å². The monoisotopic (exact) mass is 228 g/mol. The number of allylic oxidation sites excluding steroid dienone is 3. The van der Waals surface area contributed by atoms with Gasteiger partial charge in [-0.05, 0) is 37.0 Å². The lowest BCUT2D eigenvalue weighted by Crippen LogP contribution is -1.92.